The van der Waals surface area contributed by atoms with Gasteiger partial charge in [0.1, 0.15) is 5.54 Å². The first-order valence-electron chi connectivity index (χ1n) is 5.80. The average Bonchev–Trinajstić information content (AvgIpc) is 2.64. The third-order valence-corrected chi connectivity index (χ3v) is 3.58. The predicted molar refractivity (Wildman–Crippen MR) is 70.8 cm³/mol. The summed E-state index contributed by atoms with van der Waals surface area (Å²) in [4.78, 5) is 1.15. The highest BCUT2D eigenvalue weighted by Crippen LogP contribution is 2.28. The Morgan fingerprint density at radius 1 is 1.71 bits per heavy atom. The molecule has 0 aliphatic heterocycles. The van der Waals surface area contributed by atoms with Crippen LogP contribution in [0, 0.1) is 11.3 Å². The van der Waals surface area contributed by atoms with Gasteiger partial charge >= 0.3 is 0 Å². The van der Waals surface area contributed by atoms with Gasteiger partial charge in [-0.1, -0.05) is 13.8 Å². The van der Waals surface area contributed by atoms with Gasteiger partial charge in [0, 0.05) is 23.4 Å². The molecule has 1 N–H and O–H groups in total. The van der Waals surface area contributed by atoms with Crippen molar-refractivity contribution in [3.63, 3.8) is 0 Å². The summed E-state index contributed by atoms with van der Waals surface area (Å²) in [6.45, 7) is 6.93. The van der Waals surface area contributed by atoms with Crippen LogP contribution < -0.4 is 5.32 Å². The maximum absolute atomic E-state index is 9.20. The van der Waals surface area contributed by atoms with Gasteiger partial charge in [0.2, 0.25) is 0 Å². The zero-order valence-corrected chi connectivity index (χ0v) is 11.7. The number of nitrogens with zero attached hydrogens (tertiary/aromatic N) is 3. The van der Waals surface area contributed by atoms with E-state index in [1.165, 1.54) is 0 Å². The fourth-order valence-corrected chi connectivity index (χ4v) is 3.06. The first kappa shape index (κ1) is 14.1. The van der Waals surface area contributed by atoms with Crippen LogP contribution in [0.25, 0.3) is 0 Å². The Morgan fingerprint density at radius 2 is 2.41 bits per heavy atom. The summed E-state index contributed by atoms with van der Waals surface area (Å²) in [5.74, 6) is 0. The minimum Gasteiger partial charge on any atom is -0.300 e. The lowest BCUT2D eigenvalue weighted by Gasteiger charge is -2.25. The van der Waals surface area contributed by atoms with Crippen molar-refractivity contribution in [1.29, 1.82) is 5.26 Å². The van der Waals surface area contributed by atoms with Crippen LogP contribution in [0.2, 0.25) is 0 Å². The number of aryl methyl sites for hydroxylation is 1. The Kier molecular flexibility index (Phi) is 5.03. The van der Waals surface area contributed by atoms with E-state index in [-0.39, 0.29) is 0 Å². The molecule has 94 valence electrons. The molecule has 0 saturated carbocycles. The molecule has 0 spiro atoms. The van der Waals surface area contributed by atoms with Crippen LogP contribution in [0.4, 0.5) is 0 Å². The zero-order valence-electron chi connectivity index (χ0n) is 10.9. The van der Waals surface area contributed by atoms with Crippen LogP contribution >= 0.6 is 11.8 Å². The average molecular weight is 252 g/mol. The van der Waals surface area contributed by atoms with Crippen molar-refractivity contribution >= 4 is 11.8 Å². The van der Waals surface area contributed by atoms with E-state index in [2.05, 4.69) is 23.4 Å². The van der Waals surface area contributed by atoms with Crippen LogP contribution in [0.3, 0.4) is 0 Å². The lowest BCUT2D eigenvalue weighted by atomic mass is 9.98. The van der Waals surface area contributed by atoms with E-state index in [0.717, 1.165) is 17.9 Å². The van der Waals surface area contributed by atoms with Crippen molar-refractivity contribution < 1.29 is 0 Å². The normalized spacial score (nSPS) is 16.2. The summed E-state index contributed by atoms with van der Waals surface area (Å²) in [6, 6.07) is 2.36. The molecular weight excluding hydrogens is 232 g/mol. The highest BCUT2D eigenvalue weighted by molar-refractivity contribution is 7.99. The molecule has 0 fully saturated rings. The van der Waals surface area contributed by atoms with Gasteiger partial charge in [-0.3, -0.25) is 10.00 Å². The number of nitrogens with one attached hydrogen (secondary N) is 1. The Bertz CT molecular complexity index is 395. The topological polar surface area (TPSA) is 53.6 Å². The molecule has 1 aromatic heterocycles. The molecule has 0 aromatic carbocycles. The van der Waals surface area contributed by atoms with Gasteiger partial charge < -0.3 is 0 Å². The van der Waals surface area contributed by atoms with E-state index in [1.807, 2.05) is 33.3 Å². The second kappa shape index (κ2) is 6.08. The standard InChI is InChI=1S/C12H20N4S/c1-5-14-12(3,9-13)6-10(2)17-11-7-15-16(4)8-11/h7-8,10,14H,5-6H2,1-4H3. The van der Waals surface area contributed by atoms with Gasteiger partial charge in [-0.05, 0) is 19.9 Å². The molecule has 5 heteroatoms. The predicted octanol–water partition coefficient (Wildman–Crippen LogP) is 2.18. The molecule has 4 nitrogen and oxygen atoms in total. The Labute approximate surface area is 107 Å². The third kappa shape index (κ3) is 4.41. The van der Waals surface area contributed by atoms with Crippen molar-refractivity contribution in [3.8, 4) is 6.07 Å². The fourth-order valence-electron chi connectivity index (χ4n) is 1.86. The van der Waals surface area contributed by atoms with Crippen molar-refractivity contribution in [1.82, 2.24) is 15.1 Å². The van der Waals surface area contributed by atoms with Crippen molar-refractivity contribution in [2.75, 3.05) is 6.54 Å². The largest absolute Gasteiger partial charge is 0.300 e. The molecule has 0 radical (unpaired) electrons. The zero-order chi connectivity index (χ0) is 12.9. The van der Waals surface area contributed by atoms with E-state index in [1.54, 1.807) is 16.4 Å². The Morgan fingerprint density at radius 3 is 2.88 bits per heavy atom. The van der Waals surface area contributed by atoms with Crippen molar-refractivity contribution in [3.05, 3.63) is 12.4 Å². The van der Waals surface area contributed by atoms with Gasteiger partial charge in [-0.25, -0.2) is 0 Å². The van der Waals surface area contributed by atoms with E-state index in [9.17, 15) is 5.26 Å². The smallest absolute Gasteiger partial charge is 0.104 e. The molecule has 2 atom stereocenters. The summed E-state index contributed by atoms with van der Waals surface area (Å²) >= 11 is 1.76. The van der Waals surface area contributed by atoms with Crippen LogP contribution in [-0.4, -0.2) is 27.1 Å². The van der Waals surface area contributed by atoms with Gasteiger partial charge in [0.25, 0.3) is 0 Å². The van der Waals surface area contributed by atoms with E-state index in [0.29, 0.717) is 5.25 Å². The summed E-state index contributed by atoms with van der Waals surface area (Å²) < 4.78 is 1.79. The molecule has 0 amide bonds. The quantitative estimate of drug-likeness (QED) is 0.788. The summed E-state index contributed by atoms with van der Waals surface area (Å²) in [6.07, 6.45) is 4.67. The van der Waals surface area contributed by atoms with Gasteiger partial charge in [0.05, 0.1) is 12.3 Å². The molecule has 1 rings (SSSR count). The highest BCUT2D eigenvalue weighted by atomic mass is 32.2. The number of rotatable bonds is 6. The first-order valence-corrected chi connectivity index (χ1v) is 6.68. The maximum atomic E-state index is 9.20. The summed E-state index contributed by atoms with van der Waals surface area (Å²) in [7, 11) is 1.91. The number of thioether (sulfide) groups is 1. The number of nitriles is 1. The Balaban J connectivity index is 2.54. The monoisotopic (exact) mass is 252 g/mol. The molecule has 0 aliphatic rings. The molecule has 1 aromatic rings. The molecule has 1 heterocycles. The minimum absolute atomic E-state index is 0.378. The van der Waals surface area contributed by atoms with Crippen molar-refractivity contribution in [2.24, 2.45) is 7.05 Å². The third-order valence-electron chi connectivity index (χ3n) is 2.53. The second-order valence-electron chi connectivity index (χ2n) is 4.46. The molecule has 0 aliphatic carbocycles. The van der Waals surface area contributed by atoms with Crippen LogP contribution in [0.5, 0.6) is 0 Å². The van der Waals surface area contributed by atoms with Gasteiger partial charge in [-0.2, -0.15) is 10.4 Å². The lowest BCUT2D eigenvalue weighted by molar-refractivity contribution is 0.429. The first-order chi connectivity index (χ1) is 7.99. The second-order valence-corrected chi connectivity index (χ2v) is 5.97. The van der Waals surface area contributed by atoms with Crippen LogP contribution in [0.1, 0.15) is 27.2 Å². The highest BCUT2D eigenvalue weighted by Gasteiger charge is 2.25. The molecule has 0 saturated heterocycles. The van der Waals surface area contributed by atoms with E-state index in [4.69, 9.17) is 0 Å². The van der Waals surface area contributed by atoms with Crippen molar-refractivity contribution in [2.45, 2.75) is 42.9 Å². The minimum atomic E-state index is -0.441. The van der Waals surface area contributed by atoms with Gasteiger partial charge in [0.15, 0.2) is 0 Å². The number of hydrogen-bond donors (Lipinski definition) is 1. The molecule has 2 unspecified atom stereocenters. The fraction of sp³-hybridized carbons (Fsp3) is 0.667. The SMILES string of the molecule is CCNC(C)(C#N)CC(C)Sc1cnn(C)c1. The maximum Gasteiger partial charge on any atom is 0.104 e. The summed E-state index contributed by atoms with van der Waals surface area (Å²) in [5, 5.41) is 16.9. The van der Waals surface area contributed by atoms with E-state index >= 15 is 0 Å². The summed E-state index contributed by atoms with van der Waals surface area (Å²) in [5.41, 5.74) is -0.441. The van der Waals surface area contributed by atoms with Crippen LogP contribution in [-0.2, 0) is 7.05 Å². The molecular formula is C12H20N4S. The molecule has 0 bridgehead atoms. The number of hydrogen-bond acceptors (Lipinski definition) is 4. The molecule has 17 heavy (non-hydrogen) atoms. The lowest BCUT2D eigenvalue weighted by Crippen LogP contribution is -2.42. The van der Waals surface area contributed by atoms with Gasteiger partial charge in [-0.15, -0.1) is 11.8 Å². The van der Waals surface area contributed by atoms with E-state index < -0.39 is 5.54 Å². The number of aromatic nitrogens is 2. The van der Waals surface area contributed by atoms with Crippen LogP contribution in [0.15, 0.2) is 17.3 Å². The Hall–Kier alpha value is -0.990.